The number of fused-ring (bicyclic) bond motifs is 1. The van der Waals surface area contributed by atoms with Crippen molar-refractivity contribution in [1.29, 1.82) is 0 Å². The highest BCUT2D eigenvalue weighted by atomic mass is 35.5. The van der Waals surface area contributed by atoms with Gasteiger partial charge in [-0.1, -0.05) is 11.6 Å². The second-order valence-electron chi connectivity index (χ2n) is 3.63. The zero-order valence-electron chi connectivity index (χ0n) is 8.87. The first-order valence-corrected chi connectivity index (χ1v) is 5.50. The molecule has 17 heavy (non-hydrogen) atoms. The van der Waals surface area contributed by atoms with E-state index >= 15 is 0 Å². The van der Waals surface area contributed by atoms with Gasteiger partial charge in [-0.15, -0.1) is 0 Å². The predicted molar refractivity (Wildman–Crippen MR) is 63.0 cm³/mol. The molecule has 1 aromatic heterocycles. The van der Waals surface area contributed by atoms with E-state index in [0.29, 0.717) is 23.3 Å². The Labute approximate surface area is 103 Å². The predicted octanol–water partition coefficient (Wildman–Crippen LogP) is 1.92. The average Bonchev–Trinajstić information content (AvgIpc) is 2.93. The minimum Gasteiger partial charge on any atom is -0.454 e. The number of benzene rings is 1. The van der Waals surface area contributed by atoms with Crippen molar-refractivity contribution in [3.63, 3.8) is 0 Å². The maximum absolute atomic E-state index is 5.93. The van der Waals surface area contributed by atoms with Crippen LogP contribution in [0.25, 0.3) is 11.4 Å². The van der Waals surface area contributed by atoms with E-state index in [1.165, 1.54) is 0 Å². The van der Waals surface area contributed by atoms with Gasteiger partial charge >= 0.3 is 0 Å². The van der Waals surface area contributed by atoms with Gasteiger partial charge in [0.2, 0.25) is 6.79 Å². The van der Waals surface area contributed by atoms with Crippen LogP contribution in [0.3, 0.4) is 0 Å². The van der Waals surface area contributed by atoms with Crippen LogP contribution in [0.1, 0.15) is 5.69 Å². The van der Waals surface area contributed by atoms with Gasteiger partial charge in [0, 0.05) is 12.1 Å². The lowest BCUT2D eigenvalue weighted by molar-refractivity contribution is 0.174. The lowest BCUT2D eigenvalue weighted by atomic mass is 10.2. The largest absolute Gasteiger partial charge is 0.454 e. The summed E-state index contributed by atoms with van der Waals surface area (Å²) in [5, 5.41) is 0.403. The standard InChI is InChI=1S/C11H10ClN3O2/c12-10-7(4-13)14-11(15-10)6-1-2-8-9(3-6)17-5-16-8/h1-3H,4-5,13H2,(H,14,15). The molecule has 1 aliphatic heterocycles. The van der Waals surface area contributed by atoms with Crippen molar-refractivity contribution in [1.82, 2.24) is 9.97 Å². The summed E-state index contributed by atoms with van der Waals surface area (Å²) >= 11 is 5.93. The number of H-pyrrole nitrogens is 1. The van der Waals surface area contributed by atoms with Crippen LogP contribution in [0.15, 0.2) is 18.2 Å². The third kappa shape index (κ3) is 1.73. The van der Waals surface area contributed by atoms with Crippen molar-refractivity contribution in [3.05, 3.63) is 29.0 Å². The topological polar surface area (TPSA) is 73.2 Å². The first-order valence-electron chi connectivity index (χ1n) is 5.12. The molecule has 0 radical (unpaired) electrons. The first kappa shape index (κ1) is 10.4. The Bertz CT molecular complexity index is 568. The van der Waals surface area contributed by atoms with Crippen LogP contribution >= 0.6 is 11.6 Å². The Kier molecular flexibility index (Phi) is 2.42. The van der Waals surface area contributed by atoms with Crippen LogP contribution in [0.4, 0.5) is 0 Å². The molecule has 0 spiro atoms. The highest BCUT2D eigenvalue weighted by molar-refractivity contribution is 6.30. The molecule has 0 saturated heterocycles. The second-order valence-corrected chi connectivity index (χ2v) is 3.98. The Balaban J connectivity index is 2.03. The molecule has 0 saturated carbocycles. The van der Waals surface area contributed by atoms with Gasteiger partial charge in [-0.25, -0.2) is 4.98 Å². The van der Waals surface area contributed by atoms with E-state index in [1.54, 1.807) is 0 Å². The maximum atomic E-state index is 5.93. The molecule has 3 N–H and O–H groups in total. The highest BCUT2D eigenvalue weighted by Gasteiger charge is 2.16. The third-order valence-corrected chi connectivity index (χ3v) is 2.89. The van der Waals surface area contributed by atoms with E-state index in [1.807, 2.05) is 18.2 Å². The van der Waals surface area contributed by atoms with E-state index in [0.717, 1.165) is 17.0 Å². The Morgan fingerprint density at radius 3 is 2.94 bits per heavy atom. The van der Waals surface area contributed by atoms with Gasteiger partial charge in [-0.3, -0.25) is 0 Å². The second kappa shape index (κ2) is 3.94. The van der Waals surface area contributed by atoms with Crippen LogP contribution in [0, 0.1) is 0 Å². The molecule has 88 valence electrons. The summed E-state index contributed by atoms with van der Waals surface area (Å²) in [5.74, 6) is 2.13. The number of aromatic nitrogens is 2. The fourth-order valence-electron chi connectivity index (χ4n) is 1.70. The Morgan fingerprint density at radius 2 is 2.18 bits per heavy atom. The Morgan fingerprint density at radius 1 is 1.35 bits per heavy atom. The summed E-state index contributed by atoms with van der Waals surface area (Å²) in [5.41, 5.74) is 7.14. The van der Waals surface area contributed by atoms with Crippen molar-refractivity contribution in [3.8, 4) is 22.9 Å². The number of hydrogen-bond donors (Lipinski definition) is 2. The molecule has 0 aliphatic carbocycles. The van der Waals surface area contributed by atoms with Crippen molar-refractivity contribution >= 4 is 11.6 Å². The van der Waals surface area contributed by atoms with Gasteiger partial charge in [-0.2, -0.15) is 0 Å². The third-order valence-electron chi connectivity index (χ3n) is 2.58. The van der Waals surface area contributed by atoms with E-state index < -0.39 is 0 Å². The number of halogens is 1. The van der Waals surface area contributed by atoms with Crippen LogP contribution < -0.4 is 15.2 Å². The zero-order chi connectivity index (χ0) is 11.8. The van der Waals surface area contributed by atoms with Crippen molar-refractivity contribution in [2.24, 2.45) is 5.73 Å². The fraction of sp³-hybridized carbons (Fsp3) is 0.182. The fourth-order valence-corrected chi connectivity index (χ4v) is 1.91. The number of hydrogen-bond acceptors (Lipinski definition) is 4. The van der Waals surface area contributed by atoms with Crippen LogP contribution in [0.5, 0.6) is 11.5 Å². The molecule has 1 aromatic carbocycles. The summed E-state index contributed by atoms with van der Waals surface area (Å²) in [4.78, 5) is 7.28. The van der Waals surface area contributed by atoms with E-state index in [9.17, 15) is 0 Å². The van der Waals surface area contributed by atoms with Crippen molar-refractivity contribution < 1.29 is 9.47 Å². The summed E-state index contributed by atoms with van der Waals surface area (Å²) in [6.07, 6.45) is 0. The molecule has 2 heterocycles. The van der Waals surface area contributed by atoms with Gasteiger partial charge in [0.1, 0.15) is 5.82 Å². The smallest absolute Gasteiger partial charge is 0.231 e. The molecule has 1 aliphatic rings. The number of nitrogens with one attached hydrogen (secondary N) is 1. The monoisotopic (exact) mass is 251 g/mol. The van der Waals surface area contributed by atoms with E-state index in [2.05, 4.69) is 9.97 Å². The lowest BCUT2D eigenvalue weighted by Crippen LogP contribution is -1.96. The Hall–Kier alpha value is -1.72. The number of nitrogens with zero attached hydrogens (tertiary/aromatic N) is 1. The molecule has 2 aromatic rings. The summed E-state index contributed by atoms with van der Waals surface area (Å²) in [6, 6.07) is 5.59. The number of nitrogens with two attached hydrogens (primary N) is 1. The molecular weight excluding hydrogens is 242 g/mol. The van der Waals surface area contributed by atoms with Gasteiger partial charge in [0.05, 0.1) is 5.69 Å². The van der Waals surface area contributed by atoms with E-state index in [4.69, 9.17) is 26.8 Å². The minimum atomic E-state index is 0.256. The number of rotatable bonds is 2. The molecule has 0 amide bonds. The minimum absolute atomic E-state index is 0.256. The quantitative estimate of drug-likeness (QED) is 0.855. The van der Waals surface area contributed by atoms with Gasteiger partial charge in [-0.05, 0) is 18.2 Å². The van der Waals surface area contributed by atoms with Crippen LogP contribution in [0.2, 0.25) is 5.15 Å². The number of imidazole rings is 1. The SMILES string of the molecule is NCc1[nH]c(-c2ccc3c(c2)OCO3)nc1Cl. The molecule has 0 unspecified atom stereocenters. The average molecular weight is 252 g/mol. The molecule has 0 bridgehead atoms. The number of ether oxygens (including phenoxy) is 2. The molecular formula is C11H10ClN3O2. The normalized spacial score (nSPS) is 13.1. The van der Waals surface area contributed by atoms with Crippen molar-refractivity contribution in [2.45, 2.75) is 6.54 Å². The summed E-state index contributed by atoms with van der Waals surface area (Å²) in [7, 11) is 0. The van der Waals surface area contributed by atoms with Crippen LogP contribution in [-0.2, 0) is 6.54 Å². The molecule has 0 fully saturated rings. The number of aromatic amines is 1. The molecule has 5 nitrogen and oxygen atoms in total. The van der Waals surface area contributed by atoms with Crippen molar-refractivity contribution in [2.75, 3.05) is 6.79 Å². The van der Waals surface area contributed by atoms with Crippen LogP contribution in [-0.4, -0.2) is 16.8 Å². The molecule has 0 atom stereocenters. The molecule has 3 rings (SSSR count). The van der Waals surface area contributed by atoms with Gasteiger partial charge in [0.15, 0.2) is 16.7 Å². The zero-order valence-corrected chi connectivity index (χ0v) is 9.62. The highest BCUT2D eigenvalue weighted by Crippen LogP contribution is 2.35. The first-order chi connectivity index (χ1) is 8.28. The lowest BCUT2D eigenvalue weighted by Gasteiger charge is -1.99. The molecule has 6 heteroatoms. The van der Waals surface area contributed by atoms with Gasteiger partial charge in [0.25, 0.3) is 0 Å². The maximum Gasteiger partial charge on any atom is 0.231 e. The summed E-state index contributed by atoms with van der Waals surface area (Å²) < 4.78 is 10.5. The van der Waals surface area contributed by atoms with E-state index in [-0.39, 0.29) is 6.79 Å². The summed E-state index contributed by atoms with van der Waals surface area (Å²) in [6.45, 7) is 0.585. The van der Waals surface area contributed by atoms with Gasteiger partial charge < -0.3 is 20.2 Å².